The quantitative estimate of drug-likeness (QED) is 0.612. The Bertz CT molecular complexity index is 1100. The van der Waals surface area contributed by atoms with Crippen molar-refractivity contribution in [1.82, 2.24) is 9.21 Å². The zero-order chi connectivity index (χ0) is 24.4. The molecule has 1 aliphatic rings. The Hall–Kier alpha value is -2.59. The van der Waals surface area contributed by atoms with Gasteiger partial charge >= 0.3 is 6.18 Å². The first-order valence-electron chi connectivity index (χ1n) is 10.5. The van der Waals surface area contributed by atoms with Gasteiger partial charge in [0.25, 0.3) is 0 Å². The molecule has 1 atom stereocenters. The van der Waals surface area contributed by atoms with Crippen LogP contribution < -0.4 is 4.74 Å². The second-order valence-electron chi connectivity index (χ2n) is 8.07. The smallest absolute Gasteiger partial charge is 0.416 e. The average Bonchev–Trinajstić information content (AvgIpc) is 2.82. The van der Waals surface area contributed by atoms with Gasteiger partial charge in [0.2, 0.25) is 15.9 Å². The molecule has 1 saturated heterocycles. The first kappa shape index (κ1) is 25.0. The molecule has 0 aromatic heterocycles. The van der Waals surface area contributed by atoms with Crippen LogP contribution in [0.25, 0.3) is 0 Å². The van der Waals surface area contributed by atoms with E-state index in [1.165, 1.54) is 0 Å². The van der Waals surface area contributed by atoms with Crippen LogP contribution >= 0.6 is 0 Å². The maximum absolute atomic E-state index is 13.1. The van der Waals surface area contributed by atoms with E-state index in [9.17, 15) is 26.4 Å². The molecular formula is C23H27F3N2O4S. The summed E-state index contributed by atoms with van der Waals surface area (Å²) in [5.74, 6) is 0.191. The van der Waals surface area contributed by atoms with Crippen molar-refractivity contribution in [3.8, 4) is 5.75 Å². The molecule has 1 fully saturated rings. The summed E-state index contributed by atoms with van der Waals surface area (Å²) in [7, 11) is -0.828. The summed E-state index contributed by atoms with van der Waals surface area (Å²) in [6.45, 7) is 2.01. The van der Waals surface area contributed by atoms with Crippen LogP contribution in [0.3, 0.4) is 0 Å². The van der Waals surface area contributed by atoms with Crippen molar-refractivity contribution >= 4 is 15.9 Å². The Morgan fingerprint density at radius 3 is 2.36 bits per heavy atom. The number of nitrogens with zero attached hydrogens (tertiary/aromatic N) is 2. The minimum Gasteiger partial charge on any atom is -0.496 e. The monoisotopic (exact) mass is 484 g/mol. The van der Waals surface area contributed by atoms with Crippen molar-refractivity contribution in [2.45, 2.75) is 36.9 Å². The predicted molar refractivity (Wildman–Crippen MR) is 117 cm³/mol. The van der Waals surface area contributed by atoms with Gasteiger partial charge in [0.05, 0.1) is 23.6 Å². The Kier molecular flexibility index (Phi) is 7.38. The van der Waals surface area contributed by atoms with E-state index in [2.05, 4.69) is 0 Å². The molecule has 6 nitrogen and oxygen atoms in total. The minimum absolute atomic E-state index is 0.0614. The number of methoxy groups -OCH3 is 1. The molecule has 0 spiro atoms. The highest BCUT2D eigenvalue weighted by Gasteiger charge is 2.36. The SMILES string of the molecule is COc1ccccc1C(C)N(C)C(=O)C1CCN(S(=O)(=O)c2cccc(C(F)(F)F)c2)CC1. The Balaban J connectivity index is 1.68. The van der Waals surface area contributed by atoms with Gasteiger partial charge < -0.3 is 9.64 Å². The van der Waals surface area contributed by atoms with Crippen LogP contribution in [0.5, 0.6) is 5.75 Å². The summed E-state index contributed by atoms with van der Waals surface area (Å²) >= 11 is 0. The summed E-state index contributed by atoms with van der Waals surface area (Å²) < 4.78 is 71.3. The number of benzene rings is 2. The van der Waals surface area contributed by atoms with Crippen molar-refractivity contribution in [1.29, 1.82) is 0 Å². The number of sulfonamides is 1. The van der Waals surface area contributed by atoms with Crippen LogP contribution in [0, 0.1) is 5.92 Å². The molecule has 0 aliphatic carbocycles. The largest absolute Gasteiger partial charge is 0.496 e. The van der Waals surface area contributed by atoms with Crippen LogP contribution in [-0.4, -0.2) is 50.8 Å². The van der Waals surface area contributed by atoms with E-state index in [1.54, 1.807) is 19.1 Å². The van der Waals surface area contributed by atoms with E-state index < -0.39 is 26.7 Å². The lowest BCUT2D eigenvalue weighted by molar-refractivity contribution is -0.138. The Labute approximate surface area is 192 Å². The summed E-state index contributed by atoms with van der Waals surface area (Å²) in [4.78, 5) is 14.3. The third kappa shape index (κ3) is 5.33. The zero-order valence-corrected chi connectivity index (χ0v) is 19.5. The van der Waals surface area contributed by atoms with Crippen molar-refractivity contribution in [3.63, 3.8) is 0 Å². The summed E-state index contributed by atoms with van der Waals surface area (Å²) in [6, 6.07) is 10.9. The van der Waals surface area contributed by atoms with Gasteiger partial charge in [-0.15, -0.1) is 0 Å². The van der Waals surface area contributed by atoms with Crippen molar-refractivity contribution in [2.24, 2.45) is 5.92 Å². The molecule has 180 valence electrons. The fraction of sp³-hybridized carbons (Fsp3) is 0.435. The number of hydrogen-bond acceptors (Lipinski definition) is 4. The molecule has 1 amide bonds. The van der Waals surface area contributed by atoms with Crippen LogP contribution in [0.1, 0.15) is 36.9 Å². The topological polar surface area (TPSA) is 66.9 Å². The highest BCUT2D eigenvalue weighted by Crippen LogP contribution is 2.33. The minimum atomic E-state index is -4.63. The average molecular weight is 485 g/mol. The normalized spacial score (nSPS) is 16.9. The number of halogens is 3. The third-order valence-corrected chi connectivity index (χ3v) is 8.01. The molecule has 0 saturated carbocycles. The maximum Gasteiger partial charge on any atom is 0.416 e. The molecule has 0 bridgehead atoms. The molecule has 2 aromatic carbocycles. The number of alkyl halides is 3. The van der Waals surface area contributed by atoms with E-state index in [1.807, 2.05) is 31.2 Å². The molecule has 1 unspecified atom stereocenters. The second-order valence-corrected chi connectivity index (χ2v) is 10.0. The van der Waals surface area contributed by atoms with Gasteiger partial charge in [-0.3, -0.25) is 4.79 Å². The molecule has 1 heterocycles. The third-order valence-electron chi connectivity index (χ3n) is 6.12. The molecule has 33 heavy (non-hydrogen) atoms. The van der Waals surface area contributed by atoms with Crippen LogP contribution in [0.2, 0.25) is 0 Å². The molecule has 1 aliphatic heterocycles. The fourth-order valence-corrected chi connectivity index (χ4v) is 5.54. The summed E-state index contributed by atoms with van der Waals surface area (Å²) in [5.41, 5.74) is -0.152. The van der Waals surface area contributed by atoms with Gasteiger partial charge in [0.1, 0.15) is 5.75 Å². The highest BCUT2D eigenvalue weighted by molar-refractivity contribution is 7.89. The molecule has 2 aromatic rings. The van der Waals surface area contributed by atoms with E-state index in [4.69, 9.17) is 4.74 Å². The van der Waals surface area contributed by atoms with E-state index in [0.29, 0.717) is 24.7 Å². The van der Waals surface area contributed by atoms with Gasteiger partial charge in [0.15, 0.2) is 0 Å². The van der Waals surface area contributed by atoms with Gasteiger partial charge in [0, 0.05) is 31.6 Å². The number of carbonyl (C=O) groups is 1. The number of amides is 1. The van der Waals surface area contributed by atoms with Crippen molar-refractivity contribution in [3.05, 3.63) is 59.7 Å². The number of piperidine rings is 1. The van der Waals surface area contributed by atoms with Crippen LogP contribution in [0.15, 0.2) is 53.4 Å². The predicted octanol–water partition coefficient (Wildman–Crippen LogP) is 4.33. The standard InChI is InChI=1S/C23H27F3N2O4S/c1-16(20-9-4-5-10-21(20)32-3)27(2)22(29)17-11-13-28(14-12-17)33(30,31)19-8-6-7-18(15-19)23(24,25)26/h4-10,15-17H,11-14H2,1-3H3. The first-order chi connectivity index (χ1) is 15.5. The second kappa shape index (κ2) is 9.72. The lowest BCUT2D eigenvalue weighted by atomic mass is 9.95. The van der Waals surface area contributed by atoms with E-state index >= 15 is 0 Å². The molecular weight excluding hydrogens is 457 g/mol. The molecule has 0 N–H and O–H groups in total. The number of para-hydroxylation sites is 1. The number of carbonyl (C=O) groups excluding carboxylic acids is 1. The van der Waals surface area contributed by atoms with Crippen molar-refractivity contribution < 1.29 is 31.1 Å². The maximum atomic E-state index is 13.1. The number of ether oxygens (including phenoxy) is 1. The first-order valence-corrected chi connectivity index (χ1v) is 12.0. The lowest BCUT2D eigenvalue weighted by Crippen LogP contribution is -2.44. The molecule has 10 heteroatoms. The highest BCUT2D eigenvalue weighted by atomic mass is 32.2. The molecule has 3 rings (SSSR count). The van der Waals surface area contributed by atoms with E-state index in [-0.39, 0.29) is 31.0 Å². The van der Waals surface area contributed by atoms with Gasteiger partial charge in [-0.1, -0.05) is 24.3 Å². The number of hydrogen-bond donors (Lipinski definition) is 0. The van der Waals surface area contributed by atoms with E-state index in [0.717, 1.165) is 28.1 Å². The summed E-state index contributed by atoms with van der Waals surface area (Å²) in [5, 5.41) is 0. The fourth-order valence-electron chi connectivity index (χ4n) is 4.02. The molecule has 0 radical (unpaired) electrons. The van der Waals surface area contributed by atoms with Crippen molar-refractivity contribution in [2.75, 3.05) is 27.2 Å². The lowest BCUT2D eigenvalue weighted by Gasteiger charge is -2.34. The Morgan fingerprint density at radius 1 is 1.12 bits per heavy atom. The Morgan fingerprint density at radius 2 is 1.76 bits per heavy atom. The number of rotatable bonds is 6. The van der Waals surface area contributed by atoms with Crippen LogP contribution in [-0.2, 0) is 21.0 Å². The summed E-state index contributed by atoms with van der Waals surface area (Å²) in [6.07, 6.45) is -4.05. The van der Waals surface area contributed by atoms with Gasteiger partial charge in [-0.25, -0.2) is 8.42 Å². The van der Waals surface area contributed by atoms with Crippen LogP contribution in [0.4, 0.5) is 13.2 Å². The van der Waals surface area contributed by atoms with Gasteiger partial charge in [-0.2, -0.15) is 17.5 Å². The van der Waals surface area contributed by atoms with Gasteiger partial charge in [-0.05, 0) is 44.0 Å². The zero-order valence-electron chi connectivity index (χ0n) is 18.7.